The average Bonchev–Trinajstić information content (AvgIpc) is 2.50. The number of urea groups is 1. The van der Waals surface area contributed by atoms with Crippen LogP contribution in [0.4, 0.5) is 10.5 Å². The molecule has 0 aliphatic rings. The molecule has 2 rings (SSSR count). The molecule has 2 aromatic carbocycles. The van der Waals surface area contributed by atoms with Crippen molar-refractivity contribution in [3.05, 3.63) is 59.2 Å². The number of hydrogen-bond acceptors (Lipinski definition) is 2. The molecule has 4 heteroatoms. The quantitative estimate of drug-likeness (QED) is 0.889. The van der Waals surface area contributed by atoms with Crippen LogP contribution in [0.2, 0.25) is 0 Å². The van der Waals surface area contributed by atoms with Gasteiger partial charge >= 0.3 is 6.03 Å². The lowest BCUT2D eigenvalue weighted by Gasteiger charge is -2.16. The Morgan fingerprint density at radius 3 is 2.55 bits per heavy atom. The molecule has 2 amide bonds. The van der Waals surface area contributed by atoms with Crippen molar-refractivity contribution in [3.8, 4) is 5.75 Å². The van der Waals surface area contributed by atoms with Crippen LogP contribution in [0.3, 0.4) is 0 Å². The van der Waals surface area contributed by atoms with E-state index >= 15 is 0 Å². The number of carbonyl (C=O) groups is 1. The lowest BCUT2D eigenvalue weighted by atomic mass is 10.0. The summed E-state index contributed by atoms with van der Waals surface area (Å²) in [5, 5.41) is 5.75. The molecule has 0 aliphatic heterocycles. The second-order valence-corrected chi connectivity index (χ2v) is 5.40. The molecule has 0 aliphatic carbocycles. The highest BCUT2D eigenvalue weighted by Gasteiger charge is 2.10. The Hall–Kier alpha value is -2.49. The van der Waals surface area contributed by atoms with Gasteiger partial charge in [0.15, 0.2) is 0 Å². The van der Waals surface area contributed by atoms with Gasteiger partial charge in [-0.25, -0.2) is 4.79 Å². The molecule has 0 bridgehead atoms. The van der Waals surface area contributed by atoms with Crippen molar-refractivity contribution in [2.75, 3.05) is 12.4 Å². The highest BCUT2D eigenvalue weighted by molar-refractivity contribution is 5.89. The number of carbonyl (C=O) groups excluding carboxylic acids is 1. The van der Waals surface area contributed by atoms with Crippen LogP contribution in [-0.2, 0) is 0 Å². The maximum absolute atomic E-state index is 12.1. The Kier molecular flexibility index (Phi) is 5.04. The van der Waals surface area contributed by atoms with Crippen molar-refractivity contribution in [2.24, 2.45) is 0 Å². The van der Waals surface area contributed by atoms with Crippen LogP contribution in [-0.4, -0.2) is 13.1 Å². The van der Waals surface area contributed by atoms with Crippen LogP contribution < -0.4 is 15.4 Å². The summed E-state index contributed by atoms with van der Waals surface area (Å²) in [5.41, 5.74) is 4.25. The average molecular weight is 298 g/mol. The molecule has 0 heterocycles. The SMILES string of the molecule is COc1cccc(NC(=O)N[C@H](C)c2ccc(C)c(C)c2)c1. The van der Waals surface area contributed by atoms with Gasteiger partial charge in [0.1, 0.15) is 5.75 Å². The van der Waals surface area contributed by atoms with E-state index in [0.29, 0.717) is 11.4 Å². The predicted octanol–water partition coefficient (Wildman–Crippen LogP) is 4.19. The minimum absolute atomic E-state index is 0.0649. The molecule has 0 unspecified atom stereocenters. The largest absolute Gasteiger partial charge is 0.497 e. The van der Waals surface area contributed by atoms with Crippen LogP contribution in [0.1, 0.15) is 29.7 Å². The van der Waals surface area contributed by atoms with Gasteiger partial charge in [-0.15, -0.1) is 0 Å². The van der Waals surface area contributed by atoms with E-state index < -0.39 is 0 Å². The first-order valence-corrected chi connectivity index (χ1v) is 7.28. The molecule has 0 aromatic heterocycles. The van der Waals surface area contributed by atoms with E-state index in [9.17, 15) is 4.79 Å². The van der Waals surface area contributed by atoms with Crippen molar-refractivity contribution < 1.29 is 9.53 Å². The second kappa shape index (κ2) is 6.98. The summed E-state index contributed by atoms with van der Waals surface area (Å²) in [5.74, 6) is 0.708. The molecule has 0 fully saturated rings. The normalized spacial score (nSPS) is 11.6. The van der Waals surface area contributed by atoms with Crippen molar-refractivity contribution in [1.29, 1.82) is 0 Å². The summed E-state index contributed by atoms with van der Waals surface area (Å²) in [6.07, 6.45) is 0. The monoisotopic (exact) mass is 298 g/mol. The number of anilines is 1. The Bertz CT molecular complexity index is 668. The van der Waals surface area contributed by atoms with Crippen molar-refractivity contribution in [1.82, 2.24) is 5.32 Å². The maximum atomic E-state index is 12.1. The Morgan fingerprint density at radius 2 is 1.86 bits per heavy atom. The summed E-state index contributed by atoms with van der Waals surface area (Å²) < 4.78 is 5.14. The third-order valence-corrected chi connectivity index (χ3v) is 3.71. The van der Waals surface area contributed by atoms with Gasteiger partial charge in [-0.05, 0) is 49.6 Å². The van der Waals surface area contributed by atoms with E-state index in [1.807, 2.05) is 31.2 Å². The number of nitrogens with one attached hydrogen (secondary N) is 2. The molecule has 0 radical (unpaired) electrons. The molecular weight excluding hydrogens is 276 g/mol. The highest BCUT2D eigenvalue weighted by atomic mass is 16.5. The molecule has 116 valence electrons. The number of ether oxygens (including phenoxy) is 1. The topological polar surface area (TPSA) is 50.4 Å². The zero-order chi connectivity index (χ0) is 16.1. The van der Waals surface area contributed by atoms with Gasteiger partial charge in [-0.3, -0.25) is 0 Å². The van der Waals surface area contributed by atoms with Crippen LogP contribution in [0.5, 0.6) is 5.75 Å². The molecule has 0 spiro atoms. The minimum atomic E-state index is -0.237. The lowest BCUT2D eigenvalue weighted by Crippen LogP contribution is -2.31. The van der Waals surface area contributed by atoms with Crippen molar-refractivity contribution in [3.63, 3.8) is 0 Å². The van der Waals surface area contributed by atoms with Crippen molar-refractivity contribution >= 4 is 11.7 Å². The number of aryl methyl sites for hydroxylation is 2. The van der Waals surface area contributed by atoms with Crippen molar-refractivity contribution in [2.45, 2.75) is 26.8 Å². The summed E-state index contributed by atoms with van der Waals surface area (Å²) in [6, 6.07) is 13.2. The van der Waals surface area contributed by atoms with Crippen LogP contribution in [0.15, 0.2) is 42.5 Å². The van der Waals surface area contributed by atoms with Crippen LogP contribution in [0, 0.1) is 13.8 Å². The Labute approximate surface area is 131 Å². The van der Waals surface area contributed by atoms with E-state index in [1.165, 1.54) is 11.1 Å². The van der Waals surface area contributed by atoms with Gasteiger partial charge in [0.25, 0.3) is 0 Å². The standard InChI is InChI=1S/C18H22N2O2/c1-12-8-9-15(10-13(12)2)14(3)19-18(21)20-16-6-5-7-17(11-16)22-4/h5-11,14H,1-4H3,(H2,19,20,21)/t14-/m1/s1. The van der Waals surface area contributed by atoms with E-state index in [0.717, 1.165) is 5.56 Å². The zero-order valence-electron chi connectivity index (χ0n) is 13.4. The third kappa shape index (κ3) is 4.01. The number of benzene rings is 2. The smallest absolute Gasteiger partial charge is 0.319 e. The fourth-order valence-electron chi connectivity index (χ4n) is 2.18. The Morgan fingerprint density at radius 1 is 1.09 bits per heavy atom. The first-order valence-electron chi connectivity index (χ1n) is 7.28. The van der Waals surface area contributed by atoms with E-state index in [2.05, 4.69) is 36.6 Å². The summed E-state index contributed by atoms with van der Waals surface area (Å²) >= 11 is 0. The van der Waals surface area contributed by atoms with Gasteiger partial charge < -0.3 is 15.4 Å². The first kappa shape index (κ1) is 15.9. The van der Waals surface area contributed by atoms with Gasteiger partial charge in [0.05, 0.1) is 13.2 Å². The third-order valence-electron chi connectivity index (χ3n) is 3.71. The number of hydrogen-bond donors (Lipinski definition) is 2. The van der Waals surface area contributed by atoms with Crippen LogP contribution >= 0.6 is 0 Å². The fourth-order valence-corrected chi connectivity index (χ4v) is 2.18. The molecule has 2 N–H and O–H groups in total. The number of rotatable bonds is 4. The zero-order valence-corrected chi connectivity index (χ0v) is 13.4. The molecule has 0 saturated heterocycles. The molecule has 1 atom stereocenters. The van der Waals surface area contributed by atoms with E-state index in [-0.39, 0.29) is 12.1 Å². The maximum Gasteiger partial charge on any atom is 0.319 e. The van der Waals surface area contributed by atoms with Gasteiger partial charge in [-0.2, -0.15) is 0 Å². The van der Waals surface area contributed by atoms with Gasteiger partial charge in [0.2, 0.25) is 0 Å². The molecule has 2 aromatic rings. The minimum Gasteiger partial charge on any atom is -0.497 e. The van der Waals surface area contributed by atoms with E-state index in [1.54, 1.807) is 13.2 Å². The highest BCUT2D eigenvalue weighted by Crippen LogP contribution is 2.18. The summed E-state index contributed by atoms with van der Waals surface area (Å²) in [7, 11) is 1.60. The van der Waals surface area contributed by atoms with Gasteiger partial charge in [0, 0.05) is 11.8 Å². The fraction of sp³-hybridized carbons (Fsp3) is 0.278. The summed E-state index contributed by atoms with van der Waals surface area (Å²) in [4.78, 5) is 12.1. The lowest BCUT2D eigenvalue weighted by molar-refractivity contribution is 0.249. The van der Waals surface area contributed by atoms with Crippen LogP contribution in [0.25, 0.3) is 0 Å². The first-order chi connectivity index (χ1) is 10.5. The summed E-state index contributed by atoms with van der Waals surface area (Å²) in [6.45, 7) is 6.11. The van der Waals surface area contributed by atoms with Gasteiger partial charge in [-0.1, -0.05) is 24.3 Å². The molecule has 0 saturated carbocycles. The molecule has 22 heavy (non-hydrogen) atoms. The second-order valence-electron chi connectivity index (χ2n) is 5.40. The Balaban J connectivity index is 2.00. The molecular formula is C18H22N2O2. The number of amides is 2. The predicted molar refractivity (Wildman–Crippen MR) is 89.5 cm³/mol. The number of methoxy groups -OCH3 is 1. The molecule has 4 nitrogen and oxygen atoms in total. The van der Waals surface area contributed by atoms with E-state index in [4.69, 9.17) is 4.74 Å².